The summed E-state index contributed by atoms with van der Waals surface area (Å²) in [4.78, 5) is 12.0. The van der Waals surface area contributed by atoms with Crippen molar-refractivity contribution in [3.63, 3.8) is 0 Å². The molecule has 2 N–H and O–H groups in total. The normalized spacial score (nSPS) is 10.9. The minimum absolute atomic E-state index is 0.0356. The van der Waals surface area contributed by atoms with Crippen molar-refractivity contribution in [1.29, 1.82) is 0 Å². The number of rotatable bonds is 3. The number of phenolic OH excluding ortho intramolecular Hbond substituents is 1. The van der Waals surface area contributed by atoms with E-state index in [9.17, 15) is 9.90 Å². The van der Waals surface area contributed by atoms with Gasteiger partial charge >= 0.3 is 0 Å². The molecule has 22 heavy (non-hydrogen) atoms. The van der Waals surface area contributed by atoms with Crippen molar-refractivity contribution < 1.29 is 9.90 Å². The zero-order chi connectivity index (χ0) is 16.3. The van der Waals surface area contributed by atoms with Crippen LogP contribution in [0.1, 0.15) is 15.9 Å². The number of hydrazone groups is 1. The van der Waals surface area contributed by atoms with Crippen molar-refractivity contribution in [3.8, 4) is 5.75 Å². The molecule has 0 unspecified atom stereocenters. The molecule has 0 saturated carbocycles. The van der Waals surface area contributed by atoms with Gasteiger partial charge in [-0.15, -0.1) is 0 Å². The lowest BCUT2D eigenvalue weighted by atomic mass is 10.2. The van der Waals surface area contributed by atoms with Crippen molar-refractivity contribution in [2.75, 3.05) is 0 Å². The Labute approximate surface area is 162 Å². The smallest absolute Gasteiger partial charge is 0.272 e. The fourth-order valence-corrected chi connectivity index (χ4v) is 3.53. The molecule has 0 fully saturated rings. The Bertz CT molecular complexity index is 769. The molecular formula is C14H8Br2ClIN2O2. The van der Waals surface area contributed by atoms with Crippen LogP contribution in [0.5, 0.6) is 5.75 Å². The van der Waals surface area contributed by atoms with E-state index in [1.807, 2.05) is 0 Å². The predicted octanol–water partition coefficient (Wildman–Crippen LogP) is 4.94. The third-order valence-corrected chi connectivity index (χ3v) is 4.66. The van der Waals surface area contributed by atoms with Crippen LogP contribution in [0.25, 0.3) is 0 Å². The zero-order valence-electron chi connectivity index (χ0n) is 10.8. The van der Waals surface area contributed by atoms with Crippen LogP contribution in [0.15, 0.2) is 44.4 Å². The Balaban J connectivity index is 2.16. The summed E-state index contributed by atoms with van der Waals surface area (Å²) < 4.78 is 2.19. The summed E-state index contributed by atoms with van der Waals surface area (Å²) in [6.45, 7) is 0. The molecule has 114 valence electrons. The number of amides is 1. The molecule has 0 radical (unpaired) electrons. The first kappa shape index (κ1) is 17.7. The average Bonchev–Trinajstić information content (AvgIpc) is 2.46. The quantitative estimate of drug-likeness (QED) is 0.319. The van der Waals surface area contributed by atoms with Crippen molar-refractivity contribution in [2.24, 2.45) is 5.10 Å². The number of hydrogen-bond donors (Lipinski definition) is 2. The number of halogens is 4. The summed E-state index contributed by atoms with van der Waals surface area (Å²) in [5.74, 6) is -0.387. The molecule has 2 aromatic carbocycles. The Hall–Kier alpha value is -0.640. The molecule has 2 aromatic rings. The van der Waals surface area contributed by atoms with Gasteiger partial charge in [0, 0.05) is 13.6 Å². The van der Waals surface area contributed by atoms with Crippen LogP contribution < -0.4 is 5.43 Å². The molecule has 0 saturated heterocycles. The largest absolute Gasteiger partial charge is 0.506 e. The number of carbonyl (C=O) groups excluding carboxylic acids is 1. The fraction of sp³-hybridized carbons (Fsp3) is 0. The van der Waals surface area contributed by atoms with Crippen molar-refractivity contribution in [2.45, 2.75) is 0 Å². The van der Waals surface area contributed by atoms with Crippen LogP contribution in [-0.2, 0) is 0 Å². The maximum Gasteiger partial charge on any atom is 0.272 e. The highest BCUT2D eigenvalue weighted by Crippen LogP contribution is 2.30. The summed E-state index contributed by atoms with van der Waals surface area (Å²) >= 11 is 14.6. The molecule has 0 atom stereocenters. The number of hydrogen-bond acceptors (Lipinski definition) is 3. The second kappa shape index (κ2) is 7.76. The van der Waals surface area contributed by atoms with Crippen molar-refractivity contribution in [1.82, 2.24) is 5.43 Å². The second-order valence-electron chi connectivity index (χ2n) is 4.15. The van der Waals surface area contributed by atoms with Gasteiger partial charge in [0.2, 0.25) is 0 Å². The fourth-order valence-electron chi connectivity index (χ4n) is 1.58. The lowest BCUT2D eigenvalue weighted by Gasteiger charge is -2.04. The molecule has 1 amide bonds. The molecular weight excluding hydrogens is 550 g/mol. The maximum absolute atomic E-state index is 12.0. The van der Waals surface area contributed by atoms with Gasteiger partial charge in [-0.2, -0.15) is 5.10 Å². The minimum Gasteiger partial charge on any atom is -0.506 e. The van der Waals surface area contributed by atoms with E-state index in [4.69, 9.17) is 11.6 Å². The highest BCUT2D eigenvalue weighted by Gasteiger charge is 2.10. The van der Waals surface area contributed by atoms with E-state index in [0.717, 1.165) is 8.04 Å². The minimum atomic E-state index is -0.423. The first-order chi connectivity index (χ1) is 10.4. The third kappa shape index (κ3) is 4.43. The van der Waals surface area contributed by atoms with E-state index in [-0.39, 0.29) is 5.75 Å². The molecule has 0 bridgehead atoms. The molecule has 4 nitrogen and oxygen atoms in total. The van der Waals surface area contributed by atoms with Crippen LogP contribution in [0.4, 0.5) is 0 Å². The number of carbonyl (C=O) groups is 1. The molecule has 0 aliphatic heterocycles. The van der Waals surface area contributed by atoms with Gasteiger partial charge in [0.25, 0.3) is 5.91 Å². The van der Waals surface area contributed by atoms with E-state index >= 15 is 0 Å². The van der Waals surface area contributed by atoms with Gasteiger partial charge in [0.1, 0.15) is 5.75 Å². The van der Waals surface area contributed by atoms with E-state index in [1.54, 1.807) is 30.3 Å². The lowest BCUT2D eigenvalue weighted by molar-refractivity contribution is 0.0955. The Kier molecular flexibility index (Phi) is 6.25. The molecule has 0 spiro atoms. The van der Waals surface area contributed by atoms with Crippen LogP contribution >= 0.6 is 66.1 Å². The molecule has 0 aliphatic carbocycles. The summed E-state index contributed by atoms with van der Waals surface area (Å²) in [6.07, 6.45) is 1.35. The monoisotopic (exact) mass is 556 g/mol. The van der Waals surface area contributed by atoms with Crippen molar-refractivity contribution in [3.05, 3.63) is 59.0 Å². The van der Waals surface area contributed by atoms with Gasteiger partial charge in [-0.05, 0) is 68.9 Å². The maximum atomic E-state index is 12.0. The number of nitrogens with zero attached hydrogens (tertiary/aromatic N) is 1. The average molecular weight is 558 g/mol. The molecule has 0 aliphatic rings. The molecule has 0 aromatic heterocycles. The molecule has 0 heterocycles. The second-order valence-corrected chi connectivity index (χ2v) is 7.57. The number of benzene rings is 2. The first-order valence-electron chi connectivity index (χ1n) is 5.85. The number of phenols is 1. The van der Waals surface area contributed by atoms with Gasteiger partial charge in [0.15, 0.2) is 0 Å². The van der Waals surface area contributed by atoms with E-state index < -0.39 is 5.91 Å². The van der Waals surface area contributed by atoms with Gasteiger partial charge < -0.3 is 5.11 Å². The van der Waals surface area contributed by atoms with Crippen LogP contribution in [0, 0.1) is 3.57 Å². The predicted molar refractivity (Wildman–Crippen MR) is 103 cm³/mol. The Morgan fingerprint density at radius 3 is 2.77 bits per heavy atom. The zero-order valence-corrected chi connectivity index (χ0v) is 16.9. The lowest BCUT2D eigenvalue weighted by Crippen LogP contribution is -2.18. The van der Waals surface area contributed by atoms with Crippen LogP contribution in [0.2, 0.25) is 5.02 Å². The summed E-state index contributed by atoms with van der Waals surface area (Å²) in [6, 6.07) is 8.51. The highest BCUT2D eigenvalue weighted by atomic mass is 127. The summed E-state index contributed by atoms with van der Waals surface area (Å²) in [5, 5.41) is 14.1. The molecule has 2 rings (SSSR count). The van der Waals surface area contributed by atoms with Crippen molar-refractivity contribution >= 4 is 78.2 Å². The Morgan fingerprint density at radius 1 is 1.32 bits per heavy atom. The van der Waals surface area contributed by atoms with Crippen LogP contribution in [-0.4, -0.2) is 17.2 Å². The van der Waals surface area contributed by atoms with Gasteiger partial charge in [-0.25, -0.2) is 5.43 Å². The van der Waals surface area contributed by atoms with E-state index in [1.165, 1.54) is 6.21 Å². The first-order valence-corrected chi connectivity index (χ1v) is 8.89. The van der Waals surface area contributed by atoms with Crippen LogP contribution in [0.3, 0.4) is 0 Å². The van der Waals surface area contributed by atoms with Gasteiger partial charge in [-0.3, -0.25) is 4.79 Å². The highest BCUT2D eigenvalue weighted by molar-refractivity contribution is 14.1. The van der Waals surface area contributed by atoms with E-state index in [0.29, 0.717) is 20.6 Å². The third-order valence-electron chi connectivity index (χ3n) is 2.60. The summed E-state index contributed by atoms with van der Waals surface area (Å²) in [7, 11) is 0. The topological polar surface area (TPSA) is 61.7 Å². The van der Waals surface area contributed by atoms with Gasteiger partial charge in [0.05, 0.1) is 21.3 Å². The standard InChI is InChI=1S/C14H8Br2ClIN2O2/c15-8-3-7(13(21)11(16)4-8)6-19-20-14(22)10-5-9(18)1-2-12(10)17/h1-6,21H,(H,20,22)/b19-6+. The Morgan fingerprint density at radius 2 is 2.05 bits per heavy atom. The summed E-state index contributed by atoms with van der Waals surface area (Å²) in [5.41, 5.74) is 3.17. The van der Waals surface area contributed by atoms with E-state index in [2.05, 4.69) is 65.0 Å². The SMILES string of the molecule is O=C(N/N=C/c1cc(Br)cc(Br)c1O)c1cc(I)ccc1Cl. The number of nitrogens with one attached hydrogen (secondary N) is 1. The number of aromatic hydroxyl groups is 1. The molecule has 8 heteroatoms. The van der Waals surface area contributed by atoms with Gasteiger partial charge in [-0.1, -0.05) is 27.5 Å².